The van der Waals surface area contributed by atoms with E-state index in [9.17, 15) is 13.2 Å². The van der Waals surface area contributed by atoms with Crippen LogP contribution in [0.5, 0.6) is 5.75 Å². The van der Waals surface area contributed by atoms with E-state index in [0.29, 0.717) is 11.4 Å². The molecule has 2 N–H and O–H groups in total. The molecule has 0 radical (unpaired) electrons. The molecule has 7 nitrogen and oxygen atoms in total. The number of benzene rings is 2. The first kappa shape index (κ1) is 19.7. The molecule has 0 heterocycles. The molecule has 0 aliphatic carbocycles. The summed E-state index contributed by atoms with van der Waals surface area (Å²) in [6.45, 7) is 2.01. The van der Waals surface area contributed by atoms with E-state index < -0.39 is 10.0 Å². The van der Waals surface area contributed by atoms with E-state index in [1.165, 1.54) is 26.2 Å². The van der Waals surface area contributed by atoms with Crippen LogP contribution < -0.4 is 15.4 Å². The number of anilines is 2. The molecule has 0 atom stereocenters. The van der Waals surface area contributed by atoms with Crippen LogP contribution in [-0.2, 0) is 14.8 Å². The van der Waals surface area contributed by atoms with Crippen molar-refractivity contribution in [1.82, 2.24) is 4.31 Å². The Labute approximate surface area is 154 Å². The Balaban J connectivity index is 1.99. The minimum absolute atomic E-state index is 0.0531. The van der Waals surface area contributed by atoms with Crippen molar-refractivity contribution in [2.45, 2.75) is 11.8 Å². The summed E-state index contributed by atoms with van der Waals surface area (Å²) in [5.74, 6) is 0.401. The first-order valence-corrected chi connectivity index (χ1v) is 9.39. The van der Waals surface area contributed by atoms with Crippen molar-refractivity contribution in [3.63, 3.8) is 0 Å². The highest BCUT2D eigenvalue weighted by atomic mass is 32.2. The lowest BCUT2D eigenvalue weighted by atomic mass is 10.2. The third-order valence-corrected chi connectivity index (χ3v) is 5.54. The number of aryl methyl sites for hydroxylation is 1. The molecule has 1 amide bonds. The molecule has 0 saturated heterocycles. The van der Waals surface area contributed by atoms with Crippen LogP contribution in [0, 0.1) is 6.92 Å². The fraction of sp³-hybridized carbons (Fsp3) is 0.278. The van der Waals surface area contributed by atoms with Gasteiger partial charge in [0.05, 0.1) is 24.2 Å². The zero-order valence-electron chi connectivity index (χ0n) is 15.2. The molecular weight excluding hydrogens is 354 g/mol. The number of hydrogen-bond acceptors (Lipinski definition) is 5. The predicted molar refractivity (Wildman–Crippen MR) is 102 cm³/mol. The summed E-state index contributed by atoms with van der Waals surface area (Å²) >= 11 is 0. The van der Waals surface area contributed by atoms with Crippen LogP contribution in [0.3, 0.4) is 0 Å². The van der Waals surface area contributed by atoms with Gasteiger partial charge in [-0.15, -0.1) is 0 Å². The van der Waals surface area contributed by atoms with Crippen molar-refractivity contribution in [1.29, 1.82) is 0 Å². The molecule has 0 unspecified atom stereocenters. The lowest BCUT2D eigenvalue weighted by molar-refractivity contribution is -0.114. The summed E-state index contributed by atoms with van der Waals surface area (Å²) in [6.07, 6.45) is 0. The van der Waals surface area contributed by atoms with Crippen molar-refractivity contribution in [3.05, 3.63) is 48.0 Å². The topological polar surface area (TPSA) is 87.7 Å². The molecule has 0 aliphatic rings. The predicted octanol–water partition coefficient (Wildman–Crippen LogP) is 2.30. The van der Waals surface area contributed by atoms with E-state index in [0.717, 1.165) is 15.6 Å². The van der Waals surface area contributed by atoms with E-state index in [4.69, 9.17) is 4.74 Å². The van der Waals surface area contributed by atoms with Gasteiger partial charge in [-0.2, -0.15) is 0 Å². The molecule has 0 aliphatic heterocycles. The smallest absolute Gasteiger partial charge is 0.243 e. The lowest BCUT2D eigenvalue weighted by Crippen LogP contribution is -2.23. The van der Waals surface area contributed by atoms with Crippen molar-refractivity contribution in [2.24, 2.45) is 0 Å². The van der Waals surface area contributed by atoms with E-state index in [1.807, 2.05) is 25.1 Å². The van der Waals surface area contributed by atoms with Gasteiger partial charge in [0.1, 0.15) is 5.75 Å². The number of nitrogens with one attached hydrogen (secondary N) is 2. The van der Waals surface area contributed by atoms with Gasteiger partial charge in [0.15, 0.2) is 0 Å². The van der Waals surface area contributed by atoms with Crippen molar-refractivity contribution in [3.8, 4) is 5.75 Å². The number of carbonyl (C=O) groups excluding carboxylic acids is 1. The van der Waals surface area contributed by atoms with Gasteiger partial charge in [0.25, 0.3) is 0 Å². The molecule has 140 valence electrons. The van der Waals surface area contributed by atoms with E-state index >= 15 is 0 Å². The van der Waals surface area contributed by atoms with Crippen LogP contribution in [0.15, 0.2) is 47.4 Å². The largest absolute Gasteiger partial charge is 0.495 e. The summed E-state index contributed by atoms with van der Waals surface area (Å²) in [4.78, 5) is 12.3. The SMILES string of the molecule is COc1ccc(C)cc1NCC(=O)Nc1ccc(S(=O)(=O)N(C)C)cc1. The zero-order valence-corrected chi connectivity index (χ0v) is 16.1. The van der Waals surface area contributed by atoms with Crippen LogP contribution in [-0.4, -0.2) is 46.4 Å². The van der Waals surface area contributed by atoms with Gasteiger partial charge >= 0.3 is 0 Å². The monoisotopic (exact) mass is 377 g/mol. The van der Waals surface area contributed by atoms with Crippen LogP contribution in [0.1, 0.15) is 5.56 Å². The summed E-state index contributed by atoms with van der Waals surface area (Å²) in [7, 11) is 1.02. The summed E-state index contributed by atoms with van der Waals surface area (Å²) in [5, 5.41) is 5.76. The van der Waals surface area contributed by atoms with Crippen molar-refractivity contribution in [2.75, 3.05) is 38.4 Å². The van der Waals surface area contributed by atoms with Gasteiger partial charge < -0.3 is 15.4 Å². The maximum Gasteiger partial charge on any atom is 0.243 e. The summed E-state index contributed by atoms with van der Waals surface area (Å²) in [6, 6.07) is 11.7. The third-order valence-electron chi connectivity index (χ3n) is 3.71. The third kappa shape index (κ3) is 4.74. The maximum absolute atomic E-state index is 12.1. The van der Waals surface area contributed by atoms with Crippen LogP contribution in [0.2, 0.25) is 0 Å². The average Bonchev–Trinajstić information content (AvgIpc) is 2.60. The quantitative estimate of drug-likeness (QED) is 0.773. The highest BCUT2D eigenvalue weighted by molar-refractivity contribution is 7.89. The number of amides is 1. The second-order valence-corrected chi connectivity index (χ2v) is 8.07. The van der Waals surface area contributed by atoms with E-state index in [1.54, 1.807) is 19.2 Å². The summed E-state index contributed by atoms with van der Waals surface area (Å²) < 4.78 is 30.5. The lowest BCUT2D eigenvalue weighted by Gasteiger charge is -2.13. The van der Waals surface area contributed by atoms with Crippen LogP contribution in [0.4, 0.5) is 11.4 Å². The Morgan fingerprint density at radius 2 is 1.77 bits per heavy atom. The standard InChI is InChI=1S/C18H23N3O4S/c1-13-5-10-17(25-4)16(11-13)19-12-18(22)20-14-6-8-15(9-7-14)26(23,24)21(2)3/h5-11,19H,12H2,1-4H3,(H,20,22). The first-order valence-electron chi connectivity index (χ1n) is 7.95. The number of methoxy groups -OCH3 is 1. The number of rotatable bonds is 7. The number of hydrogen-bond donors (Lipinski definition) is 2. The van der Waals surface area contributed by atoms with E-state index in [-0.39, 0.29) is 17.3 Å². The van der Waals surface area contributed by atoms with Crippen molar-refractivity contribution >= 4 is 27.3 Å². The Hall–Kier alpha value is -2.58. The minimum atomic E-state index is -3.49. The molecule has 0 fully saturated rings. The van der Waals surface area contributed by atoms with Gasteiger partial charge in [0, 0.05) is 19.8 Å². The van der Waals surface area contributed by atoms with Gasteiger partial charge in [-0.1, -0.05) is 6.07 Å². The molecule has 0 bridgehead atoms. The Morgan fingerprint density at radius 1 is 1.12 bits per heavy atom. The highest BCUT2D eigenvalue weighted by Crippen LogP contribution is 2.25. The maximum atomic E-state index is 12.1. The highest BCUT2D eigenvalue weighted by Gasteiger charge is 2.16. The molecule has 2 aromatic carbocycles. The zero-order chi connectivity index (χ0) is 19.3. The second kappa shape index (κ2) is 8.20. The molecule has 0 spiro atoms. The number of sulfonamides is 1. The first-order chi connectivity index (χ1) is 12.2. The fourth-order valence-electron chi connectivity index (χ4n) is 2.26. The Morgan fingerprint density at radius 3 is 2.35 bits per heavy atom. The molecule has 26 heavy (non-hydrogen) atoms. The molecule has 2 aromatic rings. The molecule has 0 aromatic heterocycles. The number of nitrogens with zero attached hydrogens (tertiary/aromatic N) is 1. The van der Waals surface area contributed by atoms with Crippen LogP contribution >= 0.6 is 0 Å². The molecule has 8 heteroatoms. The van der Waals surface area contributed by atoms with Crippen LogP contribution in [0.25, 0.3) is 0 Å². The molecular formula is C18H23N3O4S. The Bertz CT molecular complexity index is 878. The van der Waals surface area contributed by atoms with Gasteiger partial charge in [0.2, 0.25) is 15.9 Å². The normalized spacial score (nSPS) is 11.3. The van der Waals surface area contributed by atoms with Crippen molar-refractivity contribution < 1.29 is 17.9 Å². The number of carbonyl (C=O) groups is 1. The molecule has 0 saturated carbocycles. The molecule has 2 rings (SSSR count). The number of ether oxygens (including phenoxy) is 1. The summed E-state index contributed by atoms with van der Waals surface area (Å²) in [5.41, 5.74) is 2.30. The van der Waals surface area contributed by atoms with Gasteiger partial charge in [-0.25, -0.2) is 12.7 Å². The van der Waals surface area contributed by atoms with Gasteiger partial charge in [-0.05, 0) is 48.9 Å². The second-order valence-electron chi connectivity index (χ2n) is 5.92. The fourth-order valence-corrected chi connectivity index (χ4v) is 3.16. The minimum Gasteiger partial charge on any atom is -0.495 e. The van der Waals surface area contributed by atoms with Gasteiger partial charge in [-0.3, -0.25) is 4.79 Å². The Kier molecular flexibility index (Phi) is 6.23. The average molecular weight is 377 g/mol. The van der Waals surface area contributed by atoms with E-state index in [2.05, 4.69) is 10.6 Å².